The fraction of sp³-hybridized carbons (Fsp3) is 0.0909. The molecule has 6 heteroatoms. The van der Waals surface area contributed by atoms with Crippen LogP contribution in [0, 0.1) is 17.5 Å². The highest BCUT2D eigenvalue weighted by atomic mass is 35.5. The molecule has 0 amide bonds. The van der Waals surface area contributed by atoms with E-state index in [2.05, 4.69) is 0 Å². The molecule has 0 aliphatic heterocycles. The van der Waals surface area contributed by atoms with Crippen LogP contribution in [0.4, 0.5) is 13.2 Å². The molecule has 0 aliphatic carbocycles. The smallest absolute Gasteiger partial charge is 0.194 e. The summed E-state index contributed by atoms with van der Waals surface area (Å²) in [6.45, 7) is 0. The van der Waals surface area contributed by atoms with Gasteiger partial charge in [0.15, 0.2) is 17.5 Å². The molecule has 1 unspecified atom stereocenters. The number of aliphatic hydroxyl groups is 1. The van der Waals surface area contributed by atoms with Crippen LogP contribution in [0.25, 0.3) is 0 Å². The molecule has 1 N–H and O–H groups in total. The van der Waals surface area contributed by atoms with E-state index in [1.807, 2.05) is 0 Å². The zero-order valence-electron chi connectivity index (χ0n) is 8.25. The number of halogens is 4. The Morgan fingerprint density at radius 1 is 1.12 bits per heavy atom. The van der Waals surface area contributed by atoms with E-state index in [0.29, 0.717) is 0 Å². The lowest BCUT2D eigenvalue weighted by atomic mass is 10.1. The molecule has 1 nitrogen and oxygen atoms in total. The second kappa shape index (κ2) is 4.68. The summed E-state index contributed by atoms with van der Waals surface area (Å²) < 4.78 is 39.2. The largest absolute Gasteiger partial charge is 0.383 e. The normalized spacial score (nSPS) is 12.8. The lowest BCUT2D eigenvalue weighted by Crippen LogP contribution is -2.04. The minimum atomic E-state index is -1.60. The van der Waals surface area contributed by atoms with Crippen molar-refractivity contribution >= 4 is 22.9 Å². The molecule has 0 aliphatic rings. The van der Waals surface area contributed by atoms with Gasteiger partial charge in [-0.3, -0.25) is 0 Å². The third-order valence-corrected chi connectivity index (χ3v) is 3.66. The Morgan fingerprint density at radius 3 is 2.41 bits per heavy atom. The van der Waals surface area contributed by atoms with Gasteiger partial charge >= 0.3 is 0 Å². The molecule has 2 rings (SSSR count). The van der Waals surface area contributed by atoms with Gasteiger partial charge in [-0.25, -0.2) is 13.2 Å². The Hall–Kier alpha value is -1.04. The summed E-state index contributed by atoms with van der Waals surface area (Å²) in [7, 11) is 0. The summed E-state index contributed by atoms with van der Waals surface area (Å²) >= 11 is 6.87. The SMILES string of the molecule is OC(c1ccc(F)c(F)c1F)c1sccc1Cl. The van der Waals surface area contributed by atoms with E-state index in [9.17, 15) is 18.3 Å². The average Bonchev–Trinajstić information content (AvgIpc) is 2.72. The van der Waals surface area contributed by atoms with E-state index in [1.165, 1.54) is 6.07 Å². The molecule has 0 fully saturated rings. The number of aliphatic hydroxyl groups excluding tert-OH is 1. The van der Waals surface area contributed by atoms with Crippen molar-refractivity contribution in [2.75, 3.05) is 0 Å². The molecule has 0 bridgehead atoms. The summed E-state index contributed by atoms with van der Waals surface area (Å²) in [6, 6.07) is 3.29. The topological polar surface area (TPSA) is 20.2 Å². The second-order valence-corrected chi connectivity index (χ2v) is 4.65. The summed E-state index contributed by atoms with van der Waals surface area (Å²) in [5.74, 6) is -4.30. The first-order valence-electron chi connectivity index (χ1n) is 4.56. The maximum Gasteiger partial charge on any atom is 0.194 e. The minimum absolute atomic E-state index is 0.256. The molecule has 2 aromatic rings. The van der Waals surface area contributed by atoms with Gasteiger partial charge in [0.25, 0.3) is 0 Å². The van der Waals surface area contributed by atoms with E-state index in [0.717, 1.165) is 23.5 Å². The van der Waals surface area contributed by atoms with Gasteiger partial charge in [-0.15, -0.1) is 11.3 Å². The van der Waals surface area contributed by atoms with Crippen LogP contribution >= 0.6 is 22.9 Å². The first-order chi connectivity index (χ1) is 8.02. The van der Waals surface area contributed by atoms with Crippen LogP contribution in [0.2, 0.25) is 5.02 Å². The van der Waals surface area contributed by atoms with E-state index in [4.69, 9.17) is 11.6 Å². The van der Waals surface area contributed by atoms with Crippen molar-refractivity contribution in [2.24, 2.45) is 0 Å². The Balaban J connectivity index is 2.48. The first kappa shape index (κ1) is 12.4. The van der Waals surface area contributed by atoms with Crippen molar-refractivity contribution in [2.45, 2.75) is 6.10 Å². The van der Waals surface area contributed by atoms with E-state index in [-0.39, 0.29) is 15.5 Å². The molecule has 1 heterocycles. The number of rotatable bonds is 2. The van der Waals surface area contributed by atoms with E-state index in [1.54, 1.807) is 5.38 Å². The summed E-state index contributed by atoms with van der Waals surface area (Å²) in [5, 5.41) is 11.7. The Labute approximate surface area is 104 Å². The number of hydrogen-bond donors (Lipinski definition) is 1. The molecule has 90 valence electrons. The van der Waals surface area contributed by atoms with Gasteiger partial charge in [-0.1, -0.05) is 11.6 Å². The standard InChI is InChI=1S/C11H6ClF3OS/c12-6-3-4-17-11(6)10(16)5-1-2-7(13)9(15)8(5)14/h1-4,10,16H. The van der Waals surface area contributed by atoms with Crippen molar-refractivity contribution in [3.63, 3.8) is 0 Å². The average molecular weight is 279 g/mol. The predicted molar refractivity (Wildman–Crippen MR) is 59.7 cm³/mol. The van der Waals surface area contributed by atoms with Crippen LogP contribution in [-0.4, -0.2) is 5.11 Å². The van der Waals surface area contributed by atoms with Crippen LogP contribution in [0.15, 0.2) is 23.6 Å². The maximum absolute atomic E-state index is 13.4. The number of benzene rings is 1. The van der Waals surface area contributed by atoms with Crippen molar-refractivity contribution in [3.05, 3.63) is 56.5 Å². The zero-order chi connectivity index (χ0) is 12.6. The molecule has 1 atom stereocenters. The van der Waals surface area contributed by atoms with Gasteiger partial charge in [0.05, 0.1) is 9.90 Å². The molecule has 0 radical (unpaired) electrons. The van der Waals surface area contributed by atoms with Crippen LogP contribution in [-0.2, 0) is 0 Å². The fourth-order valence-electron chi connectivity index (χ4n) is 1.39. The fourth-order valence-corrected chi connectivity index (χ4v) is 2.56. The Kier molecular flexibility index (Phi) is 3.42. The van der Waals surface area contributed by atoms with Gasteiger partial charge in [-0.05, 0) is 23.6 Å². The van der Waals surface area contributed by atoms with Crippen LogP contribution in [0.3, 0.4) is 0 Å². The molecular weight excluding hydrogens is 273 g/mol. The number of thiophene rings is 1. The minimum Gasteiger partial charge on any atom is -0.383 e. The van der Waals surface area contributed by atoms with Crippen LogP contribution in [0.5, 0.6) is 0 Å². The van der Waals surface area contributed by atoms with Gasteiger partial charge in [0, 0.05) is 5.56 Å². The highest BCUT2D eigenvalue weighted by Gasteiger charge is 2.22. The maximum atomic E-state index is 13.4. The Morgan fingerprint density at radius 2 is 1.82 bits per heavy atom. The molecule has 0 saturated carbocycles. The lowest BCUT2D eigenvalue weighted by molar-refractivity contribution is 0.216. The first-order valence-corrected chi connectivity index (χ1v) is 5.82. The highest BCUT2D eigenvalue weighted by molar-refractivity contribution is 7.10. The number of hydrogen-bond acceptors (Lipinski definition) is 2. The van der Waals surface area contributed by atoms with Crippen molar-refractivity contribution in [1.29, 1.82) is 0 Å². The highest BCUT2D eigenvalue weighted by Crippen LogP contribution is 2.34. The molecule has 17 heavy (non-hydrogen) atoms. The molecule has 1 aromatic carbocycles. The predicted octanol–water partition coefficient (Wildman–Crippen LogP) is 3.90. The summed E-state index contributed by atoms with van der Waals surface area (Å²) in [5.41, 5.74) is -0.340. The van der Waals surface area contributed by atoms with E-state index < -0.39 is 23.6 Å². The van der Waals surface area contributed by atoms with Gasteiger partial charge in [0.2, 0.25) is 0 Å². The summed E-state index contributed by atoms with van der Waals surface area (Å²) in [4.78, 5) is 0.288. The Bertz CT molecular complexity index is 556. The van der Waals surface area contributed by atoms with Crippen molar-refractivity contribution < 1.29 is 18.3 Å². The molecular formula is C11H6ClF3OS. The quantitative estimate of drug-likeness (QED) is 0.826. The lowest BCUT2D eigenvalue weighted by Gasteiger charge is -2.11. The van der Waals surface area contributed by atoms with Crippen LogP contribution in [0.1, 0.15) is 16.5 Å². The third-order valence-electron chi connectivity index (χ3n) is 2.25. The monoisotopic (exact) mass is 278 g/mol. The van der Waals surface area contributed by atoms with Crippen LogP contribution < -0.4 is 0 Å². The second-order valence-electron chi connectivity index (χ2n) is 3.30. The molecule has 0 saturated heterocycles. The van der Waals surface area contributed by atoms with Gasteiger partial charge in [0.1, 0.15) is 6.10 Å². The third kappa shape index (κ3) is 2.18. The van der Waals surface area contributed by atoms with Gasteiger partial charge < -0.3 is 5.11 Å². The van der Waals surface area contributed by atoms with Crippen molar-refractivity contribution in [3.8, 4) is 0 Å². The van der Waals surface area contributed by atoms with E-state index >= 15 is 0 Å². The summed E-state index contributed by atoms with van der Waals surface area (Å²) in [6.07, 6.45) is -1.40. The van der Waals surface area contributed by atoms with Gasteiger partial charge in [-0.2, -0.15) is 0 Å². The zero-order valence-corrected chi connectivity index (χ0v) is 9.83. The molecule has 0 spiro atoms. The van der Waals surface area contributed by atoms with Crippen molar-refractivity contribution in [1.82, 2.24) is 0 Å². The molecule has 1 aromatic heterocycles.